The maximum atomic E-state index is 7.23. The number of rotatable bonds is 0. The van der Waals surface area contributed by atoms with Crippen LogP contribution in [0.1, 0.15) is 31.9 Å². The standard InChI is InChI=1S/C11H16.H3O3P/c1-9-6-5-7-10(8-9)11(2,3)4;1-4(2)3/h5-8H,1-4H3;1-3H. The van der Waals surface area contributed by atoms with Crippen molar-refractivity contribution < 1.29 is 14.7 Å². The maximum Gasteiger partial charge on any atom is 0.324 e. The maximum absolute atomic E-state index is 7.23. The molecule has 0 atom stereocenters. The van der Waals surface area contributed by atoms with E-state index in [1.807, 2.05) is 0 Å². The molecule has 0 saturated carbocycles. The molecule has 1 rings (SSSR count). The summed E-state index contributed by atoms with van der Waals surface area (Å²) in [6.45, 7) is 8.85. The van der Waals surface area contributed by atoms with Gasteiger partial charge in [0.15, 0.2) is 0 Å². The molecular formula is C11H19O3P. The highest BCUT2D eigenvalue weighted by Gasteiger charge is 2.12. The van der Waals surface area contributed by atoms with Crippen LogP contribution in [0.15, 0.2) is 24.3 Å². The van der Waals surface area contributed by atoms with Crippen LogP contribution < -0.4 is 0 Å². The lowest BCUT2D eigenvalue weighted by Crippen LogP contribution is -2.10. The highest BCUT2D eigenvalue weighted by molar-refractivity contribution is 7.38. The van der Waals surface area contributed by atoms with Crippen molar-refractivity contribution in [3.05, 3.63) is 35.4 Å². The van der Waals surface area contributed by atoms with Crippen LogP contribution in [0.3, 0.4) is 0 Å². The first kappa shape index (κ1) is 14.5. The van der Waals surface area contributed by atoms with E-state index in [9.17, 15) is 0 Å². The van der Waals surface area contributed by atoms with Crippen molar-refractivity contribution >= 4 is 8.60 Å². The van der Waals surface area contributed by atoms with Crippen molar-refractivity contribution in [1.29, 1.82) is 0 Å². The first-order valence-electron chi connectivity index (χ1n) is 4.67. The first-order chi connectivity index (χ1) is 6.73. The number of benzene rings is 1. The van der Waals surface area contributed by atoms with E-state index >= 15 is 0 Å². The van der Waals surface area contributed by atoms with Gasteiger partial charge in [0.2, 0.25) is 0 Å². The highest BCUT2D eigenvalue weighted by Crippen LogP contribution is 2.22. The lowest BCUT2D eigenvalue weighted by molar-refractivity contribution is 0.368. The molecule has 0 aromatic heterocycles. The molecule has 0 bridgehead atoms. The fourth-order valence-corrected chi connectivity index (χ4v) is 1.11. The van der Waals surface area contributed by atoms with Crippen LogP contribution in [0, 0.1) is 6.92 Å². The molecule has 1 aromatic carbocycles. The van der Waals surface area contributed by atoms with Gasteiger partial charge in [-0.05, 0) is 17.9 Å². The van der Waals surface area contributed by atoms with Crippen LogP contribution in [-0.2, 0) is 5.41 Å². The van der Waals surface area contributed by atoms with Gasteiger partial charge in [-0.3, -0.25) is 0 Å². The predicted molar refractivity (Wildman–Crippen MR) is 63.5 cm³/mol. The minimum absolute atomic E-state index is 0.284. The van der Waals surface area contributed by atoms with Gasteiger partial charge < -0.3 is 14.7 Å². The van der Waals surface area contributed by atoms with Crippen molar-refractivity contribution in [3.8, 4) is 0 Å². The number of aryl methyl sites for hydroxylation is 1. The Bertz CT molecular complexity index is 289. The van der Waals surface area contributed by atoms with Gasteiger partial charge in [0.25, 0.3) is 0 Å². The van der Waals surface area contributed by atoms with E-state index in [1.165, 1.54) is 11.1 Å². The zero-order valence-corrected chi connectivity index (χ0v) is 10.5. The molecule has 0 amide bonds. The third-order valence-corrected chi connectivity index (χ3v) is 1.88. The van der Waals surface area contributed by atoms with Gasteiger partial charge in [0, 0.05) is 0 Å². The Morgan fingerprint density at radius 2 is 1.53 bits per heavy atom. The molecule has 86 valence electrons. The Hall–Kier alpha value is -0.470. The smallest absolute Gasteiger partial charge is 0.324 e. The molecule has 0 aliphatic heterocycles. The Balaban J connectivity index is 0.000000423. The summed E-state index contributed by atoms with van der Waals surface area (Å²) >= 11 is 0. The molecule has 0 spiro atoms. The summed E-state index contributed by atoms with van der Waals surface area (Å²) in [5.41, 5.74) is 3.04. The Kier molecular flexibility index (Phi) is 5.99. The van der Waals surface area contributed by atoms with Crippen LogP contribution in [-0.4, -0.2) is 14.7 Å². The van der Waals surface area contributed by atoms with Gasteiger partial charge in [-0.25, -0.2) is 0 Å². The van der Waals surface area contributed by atoms with E-state index in [4.69, 9.17) is 14.7 Å². The minimum atomic E-state index is -2.62. The Labute approximate surface area is 92.4 Å². The molecular weight excluding hydrogens is 211 g/mol. The van der Waals surface area contributed by atoms with Crippen LogP contribution in [0.2, 0.25) is 0 Å². The molecule has 0 heterocycles. The van der Waals surface area contributed by atoms with Crippen molar-refractivity contribution in [2.24, 2.45) is 0 Å². The molecule has 4 heteroatoms. The second kappa shape index (κ2) is 6.19. The van der Waals surface area contributed by atoms with E-state index in [1.54, 1.807) is 0 Å². The summed E-state index contributed by atoms with van der Waals surface area (Å²) in [7, 11) is -2.62. The Morgan fingerprint density at radius 1 is 1.07 bits per heavy atom. The topological polar surface area (TPSA) is 60.7 Å². The average Bonchev–Trinajstić information content (AvgIpc) is 2.01. The van der Waals surface area contributed by atoms with Crippen molar-refractivity contribution in [3.63, 3.8) is 0 Å². The zero-order chi connectivity index (χ0) is 12.1. The summed E-state index contributed by atoms with van der Waals surface area (Å²) < 4.78 is 0. The van der Waals surface area contributed by atoms with Gasteiger partial charge in [0.1, 0.15) is 0 Å². The van der Waals surface area contributed by atoms with Crippen molar-refractivity contribution in [2.45, 2.75) is 33.1 Å². The van der Waals surface area contributed by atoms with Gasteiger partial charge in [0.05, 0.1) is 0 Å². The normalized spacial score (nSPS) is 10.9. The fourth-order valence-electron chi connectivity index (χ4n) is 1.11. The van der Waals surface area contributed by atoms with Gasteiger partial charge in [-0.2, -0.15) is 0 Å². The molecule has 0 fully saturated rings. The van der Waals surface area contributed by atoms with E-state index in [0.717, 1.165) is 0 Å². The largest absolute Gasteiger partial charge is 0.328 e. The van der Waals surface area contributed by atoms with Crippen molar-refractivity contribution in [2.75, 3.05) is 0 Å². The van der Waals surface area contributed by atoms with E-state index in [-0.39, 0.29) is 5.41 Å². The monoisotopic (exact) mass is 230 g/mol. The fraction of sp³-hybridized carbons (Fsp3) is 0.455. The van der Waals surface area contributed by atoms with Gasteiger partial charge in [-0.1, -0.05) is 50.6 Å². The van der Waals surface area contributed by atoms with Crippen LogP contribution in [0.5, 0.6) is 0 Å². The zero-order valence-electron chi connectivity index (χ0n) is 9.60. The summed E-state index contributed by atoms with van der Waals surface area (Å²) in [4.78, 5) is 21.7. The quantitative estimate of drug-likeness (QED) is 0.600. The van der Waals surface area contributed by atoms with E-state index in [0.29, 0.717) is 0 Å². The molecule has 0 unspecified atom stereocenters. The SMILES string of the molecule is Cc1cccc(C(C)(C)C)c1.OP(O)O. The molecule has 0 saturated heterocycles. The molecule has 0 aliphatic rings. The highest BCUT2D eigenvalue weighted by atomic mass is 31.2. The first-order valence-corrected chi connectivity index (χ1v) is 5.87. The molecule has 0 aliphatic carbocycles. The second-order valence-electron chi connectivity index (χ2n) is 4.39. The van der Waals surface area contributed by atoms with Crippen LogP contribution in [0.25, 0.3) is 0 Å². The Morgan fingerprint density at radius 3 is 1.80 bits per heavy atom. The average molecular weight is 230 g/mol. The van der Waals surface area contributed by atoms with E-state index < -0.39 is 8.60 Å². The second-order valence-corrected chi connectivity index (χ2v) is 4.92. The van der Waals surface area contributed by atoms with E-state index in [2.05, 4.69) is 52.0 Å². The molecule has 15 heavy (non-hydrogen) atoms. The molecule has 1 aromatic rings. The summed E-state index contributed by atoms with van der Waals surface area (Å²) in [5, 5.41) is 0. The lowest BCUT2D eigenvalue weighted by atomic mass is 9.86. The minimum Gasteiger partial charge on any atom is -0.328 e. The van der Waals surface area contributed by atoms with Crippen LogP contribution in [0.4, 0.5) is 0 Å². The summed E-state index contributed by atoms with van der Waals surface area (Å²) in [5.74, 6) is 0. The predicted octanol–water partition coefficient (Wildman–Crippen LogP) is 2.48. The summed E-state index contributed by atoms with van der Waals surface area (Å²) in [6.07, 6.45) is 0. The van der Waals surface area contributed by atoms with Gasteiger partial charge in [-0.15, -0.1) is 0 Å². The third kappa shape index (κ3) is 7.46. The lowest BCUT2D eigenvalue weighted by Gasteiger charge is -2.19. The van der Waals surface area contributed by atoms with Crippen LogP contribution >= 0.6 is 8.60 Å². The molecule has 3 nitrogen and oxygen atoms in total. The van der Waals surface area contributed by atoms with Crippen molar-refractivity contribution in [1.82, 2.24) is 0 Å². The molecule has 0 radical (unpaired) electrons. The summed E-state index contributed by atoms with van der Waals surface area (Å²) in [6, 6.07) is 8.69. The molecule has 3 N–H and O–H groups in total. The van der Waals surface area contributed by atoms with Gasteiger partial charge >= 0.3 is 8.60 Å². The third-order valence-electron chi connectivity index (χ3n) is 1.88. The number of hydrogen-bond acceptors (Lipinski definition) is 3. The number of hydrogen-bond donors (Lipinski definition) is 3.